The molecule has 1 aliphatic rings. The van der Waals surface area contributed by atoms with Crippen LogP contribution in [0.5, 0.6) is 5.75 Å². The topological polar surface area (TPSA) is 75.7 Å². The summed E-state index contributed by atoms with van der Waals surface area (Å²) < 4.78 is 32.5. The number of hydrogen-bond donors (Lipinski definition) is 1. The highest BCUT2D eigenvalue weighted by molar-refractivity contribution is 7.89. The second-order valence-corrected chi connectivity index (χ2v) is 7.11. The van der Waals surface area contributed by atoms with Gasteiger partial charge in [-0.2, -0.15) is 4.31 Å². The van der Waals surface area contributed by atoms with Gasteiger partial charge >= 0.3 is 0 Å². The molecule has 0 saturated carbocycles. The average Bonchev–Trinajstić information content (AvgIpc) is 3.08. The molecule has 0 spiro atoms. The Morgan fingerprint density at radius 2 is 2.09 bits per heavy atom. The Morgan fingerprint density at radius 1 is 1.39 bits per heavy atom. The lowest BCUT2D eigenvalue weighted by Gasteiger charge is -2.18. The molecule has 0 radical (unpaired) electrons. The van der Waals surface area contributed by atoms with Crippen LogP contribution in [0.25, 0.3) is 0 Å². The Morgan fingerprint density at radius 3 is 2.70 bits per heavy atom. The summed E-state index contributed by atoms with van der Waals surface area (Å²) in [7, 11) is -3.66. The van der Waals surface area contributed by atoms with Gasteiger partial charge in [-0.3, -0.25) is 4.79 Å². The van der Waals surface area contributed by atoms with Crippen LogP contribution in [0.2, 0.25) is 0 Å². The second-order valence-electron chi connectivity index (χ2n) is 5.20. The molecule has 6 nitrogen and oxygen atoms in total. The standard InChI is InChI=1S/C16H22N2O4S/c1-3-9-17-16(19)13-7-8-14(22-4-2)15(12-13)23(20,21)18-10-5-6-11-18/h3,7-8,12H,1,4-6,9-11H2,2H3,(H,17,19). The van der Waals surface area contributed by atoms with Gasteiger partial charge in [0.05, 0.1) is 6.61 Å². The number of nitrogens with one attached hydrogen (secondary N) is 1. The van der Waals surface area contributed by atoms with E-state index in [2.05, 4.69) is 11.9 Å². The summed E-state index contributed by atoms with van der Waals surface area (Å²) in [5.74, 6) is -0.0644. The first-order valence-corrected chi connectivity index (χ1v) is 9.10. The monoisotopic (exact) mass is 338 g/mol. The lowest BCUT2D eigenvalue weighted by atomic mass is 10.2. The van der Waals surface area contributed by atoms with Gasteiger partial charge in [0.25, 0.3) is 5.91 Å². The number of benzene rings is 1. The number of amides is 1. The van der Waals surface area contributed by atoms with Crippen LogP contribution >= 0.6 is 0 Å². The number of ether oxygens (including phenoxy) is 1. The minimum atomic E-state index is -3.66. The molecule has 23 heavy (non-hydrogen) atoms. The number of carbonyl (C=O) groups is 1. The van der Waals surface area contributed by atoms with Gasteiger partial charge in [0.2, 0.25) is 10.0 Å². The van der Waals surface area contributed by atoms with E-state index in [9.17, 15) is 13.2 Å². The van der Waals surface area contributed by atoms with E-state index in [-0.39, 0.29) is 22.1 Å². The summed E-state index contributed by atoms with van der Waals surface area (Å²) in [5.41, 5.74) is 0.285. The third-order valence-electron chi connectivity index (χ3n) is 3.60. The normalized spacial score (nSPS) is 15.3. The lowest BCUT2D eigenvalue weighted by molar-refractivity contribution is 0.0957. The van der Waals surface area contributed by atoms with Gasteiger partial charge in [-0.1, -0.05) is 6.08 Å². The van der Waals surface area contributed by atoms with E-state index in [1.54, 1.807) is 19.1 Å². The Hall–Kier alpha value is -1.86. The zero-order valence-corrected chi connectivity index (χ0v) is 14.1. The van der Waals surface area contributed by atoms with Crippen LogP contribution in [0.4, 0.5) is 0 Å². The third kappa shape index (κ3) is 3.92. The highest BCUT2D eigenvalue weighted by Crippen LogP contribution is 2.30. The van der Waals surface area contributed by atoms with Crippen LogP contribution in [0.15, 0.2) is 35.7 Å². The molecule has 1 saturated heterocycles. The maximum absolute atomic E-state index is 12.8. The smallest absolute Gasteiger partial charge is 0.251 e. The van der Waals surface area contributed by atoms with Crippen LogP contribution in [-0.2, 0) is 10.0 Å². The van der Waals surface area contributed by atoms with Gasteiger partial charge in [0.15, 0.2) is 0 Å². The molecular formula is C16H22N2O4S. The molecule has 0 aliphatic carbocycles. The highest BCUT2D eigenvalue weighted by atomic mass is 32.2. The average molecular weight is 338 g/mol. The Bertz CT molecular complexity index is 679. The molecule has 0 aromatic heterocycles. The first-order chi connectivity index (χ1) is 11.0. The number of nitrogens with zero attached hydrogens (tertiary/aromatic N) is 1. The largest absolute Gasteiger partial charge is 0.492 e. The van der Waals surface area contributed by atoms with Crippen molar-refractivity contribution in [2.45, 2.75) is 24.7 Å². The van der Waals surface area contributed by atoms with Crippen molar-refractivity contribution in [2.75, 3.05) is 26.2 Å². The molecule has 1 aliphatic heterocycles. The van der Waals surface area contributed by atoms with Gasteiger partial charge in [-0.05, 0) is 38.0 Å². The first kappa shape index (κ1) is 17.5. The third-order valence-corrected chi connectivity index (χ3v) is 5.52. The number of hydrogen-bond acceptors (Lipinski definition) is 4. The fourth-order valence-electron chi connectivity index (χ4n) is 2.46. The van der Waals surface area contributed by atoms with Gasteiger partial charge in [-0.25, -0.2) is 8.42 Å². The molecule has 2 rings (SSSR count). The van der Waals surface area contributed by atoms with E-state index < -0.39 is 10.0 Å². The summed E-state index contributed by atoms with van der Waals surface area (Å²) in [4.78, 5) is 12.1. The van der Waals surface area contributed by atoms with E-state index in [0.717, 1.165) is 12.8 Å². The molecule has 0 bridgehead atoms. The van der Waals surface area contributed by atoms with E-state index in [1.165, 1.54) is 16.4 Å². The van der Waals surface area contributed by atoms with Gasteiger partial charge in [-0.15, -0.1) is 6.58 Å². The van der Waals surface area contributed by atoms with Crippen LogP contribution < -0.4 is 10.1 Å². The zero-order chi connectivity index (χ0) is 16.9. The molecule has 1 fully saturated rings. The molecule has 1 amide bonds. The van der Waals surface area contributed by atoms with Gasteiger partial charge < -0.3 is 10.1 Å². The molecular weight excluding hydrogens is 316 g/mol. The lowest BCUT2D eigenvalue weighted by Crippen LogP contribution is -2.29. The molecule has 1 heterocycles. The fraction of sp³-hybridized carbons (Fsp3) is 0.438. The van der Waals surface area contributed by atoms with Crippen molar-refractivity contribution in [3.63, 3.8) is 0 Å². The Kier molecular flexibility index (Phi) is 5.79. The maximum atomic E-state index is 12.8. The SMILES string of the molecule is C=CCNC(=O)c1ccc(OCC)c(S(=O)(=O)N2CCCC2)c1. The minimum absolute atomic E-state index is 0.0486. The predicted molar refractivity (Wildman–Crippen MR) is 88.1 cm³/mol. The van der Waals surface area contributed by atoms with Gasteiger partial charge in [0.1, 0.15) is 10.6 Å². The molecule has 7 heteroatoms. The highest BCUT2D eigenvalue weighted by Gasteiger charge is 2.30. The fourth-order valence-corrected chi connectivity index (χ4v) is 4.13. The van der Waals surface area contributed by atoms with Gasteiger partial charge in [0, 0.05) is 25.2 Å². The van der Waals surface area contributed by atoms with Crippen LogP contribution in [0, 0.1) is 0 Å². The quantitative estimate of drug-likeness (QED) is 0.769. The molecule has 1 aromatic carbocycles. The molecule has 0 atom stereocenters. The van der Waals surface area contributed by atoms with Crippen molar-refractivity contribution in [1.29, 1.82) is 0 Å². The number of carbonyl (C=O) groups excluding carboxylic acids is 1. The molecule has 126 valence electrons. The van der Waals surface area contributed by atoms with Crippen molar-refractivity contribution >= 4 is 15.9 Å². The maximum Gasteiger partial charge on any atom is 0.251 e. The summed E-state index contributed by atoms with van der Waals surface area (Å²) in [6, 6.07) is 4.48. The summed E-state index contributed by atoms with van der Waals surface area (Å²) >= 11 is 0. The van der Waals surface area contributed by atoms with Crippen molar-refractivity contribution < 1.29 is 17.9 Å². The van der Waals surface area contributed by atoms with E-state index >= 15 is 0 Å². The number of sulfonamides is 1. The first-order valence-electron chi connectivity index (χ1n) is 7.66. The van der Waals surface area contributed by atoms with Crippen LogP contribution in [0.3, 0.4) is 0 Å². The summed E-state index contributed by atoms with van der Waals surface area (Å²) in [6.07, 6.45) is 3.26. The molecule has 1 N–H and O–H groups in total. The Labute approximate surface area is 137 Å². The summed E-state index contributed by atoms with van der Waals surface area (Å²) in [6.45, 7) is 7.00. The summed E-state index contributed by atoms with van der Waals surface area (Å²) in [5, 5.41) is 2.64. The number of rotatable bonds is 7. The minimum Gasteiger partial charge on any atom is -0.492 e. The second kappa shape index (κ2) is 7.61. The van der Waals surface area contributed by atoms with Crippen molar-refractivity contribution in [2.24, 2.45) is 0 Å². The Balaban J connectivity index is 2.41. The van der Waals surface area contributed by atoms with E-state index in [0.29, 0.717) is 26.2 Å². The van der Waals surface area contributed by atoms with Crippen molar-refractivity contribution in [3.8, 4) is 5.75 Å². The predicted octanol–water partition coefficient (Wildman–Crippen LogP) is 1.79. The van der Waals surface area contributed by atoms with Crippen LogP contribution in [0.1, 0.15) is 30.1 Å². The van der Waals surface area contributed by atoms with Crippen molar-refractivity contribution in [1.82, 2.24) is 9.62 Å². The molecule has 1 aromatic rings. The van der Waals surface area contributed by atoms with E-state index in [4.69, 9.17) is 4.74 Å². The molecule has 0 unspecified atom stereocenters. The zero-order valence-electron chi connectivity index (χ0n) is 13.2. The van der Waals surface area contributed by atoms with Crippen molar-refractivity contribution in [3.05, 3.63) is 36.4 Å². The van der Waals surface area contributed by atoms with Crippen LogP contribution in [-0.4, -0.2) is 44.9 Å². The van der Waals surface area contributed by atoms with E-state index in [1.807, 2.05) is 0 Å².